The predicted octanol–water partition coefficient (Wildman–Crippen LogP) is 5.97. The van der Waals surface area contributed by atoms with Crippen molar-refractivity contribution in [3.8, 4) is 0 Å². The van der Waals surface area contributed by atoms with E-state index >= 15 is 0 Å². The molecule has 5 rings (SSSR count). The average molecular weight is 356 g/mol. The van der Waals surface area contributed by atoms with Crippen molar-refractivity contribution in [2.75, 3.05) is 0 Å². The molecule has 0 fully saturated rings. The molecule has 2 aliphatic heterocycles. The van der Waals surface area contributed by atoms with Crippen molar-refractivity contribution in [1.29, 1.82) is 0 Å². The number of benzene rings is 2. The third-order valence-electron chi connectivity index (χ3n) is 5.20. The highest BCUT2D eigenvalue weighted by atomic mass is 32.1. The lowest BCUT2D eigenvalue weighted by atomic mass is 10.1. The number of rotatable bonds is 3. The van der Waals surface area contributed by atoms with Gasteiger partial charge in [-0.15, -0.1) is 11.3 Å². The number of hydrogen-bond acceptors (Lipinski definition) is 3. The summed E-state index contributed by atoms with van der Waals surface area (Å²) < 4.78 is 0. The van der Waals surface area contributed by atoms with Crippen molar-refractivity contribution in [2.45, 2.75) is 33.1 Å². The van der Waals surface area contributed by atoms with Crippen LogP contribution < -0.4 is 0 Å². The van der Waals surface area contributed by atoms with E-state index in [0.29, 0.717) is 0 Å². The number of hydrogen-bond donors (Lipinski definition) is 0. The Morgan fingerprint density at radius 1 is 0.808 bits per heavy atom. The Balaban J connectivity index is 1.43. The molecule has 3 aromatic rings. The third-order valence-corrected chi connectivity index (χ3v) is 6.38. The monoisotopic (exact) mass is 356 g/mol. The Bertz CT molecular complexity index is 1090. The van der Waals surface area contributed by atoms with Crippen LogP contribution in [0.1, 0.15) is 38.9 Å². The van der Waals surface area contributed by atoms with Gasteiger partial charge in [-0.3, -0.25) is 9.98 Å². The van der Waals surface area contributed by atoms with Crippen LogP contribution in [0.4, 0.5) is 11.4 Å². The molecule has 0 bridgehead atoms. The van der Waals surface area contributed by atoms with Gasteiger partial charge in [0.05, 0.1) is 22.8 Å². The summed E-state index contributed by atoms with van der Waals surface area (Å²) in [5.41, 5.74) is 9.95. The van der Waals surface area contributed by atoms with E-state index in [0.717, 1.165) is 30.6 Å². The molecular formula is C23H20N2S. The van der Waals surface area contributed by atoms with Crippen molar-refractivity contribution in [3.63, 3.8) is 0 Å². The summed E-state index contributed by atoms with van der Waals surface area (Å²) in [6, 6.07) is 17.7. The van der Waals surface area contributed by atoms with Crippen molar-refractivity contribution < 1.29 is 0 Å². The average Bonchev–Trinajstić information content (AvgIpc) is 3.36. The molecule has 0 unspecified atom stereocenters. The molecule has 2 aliphatic rings. The maximum absolute atomic E-state index is 4.91. The number of thiophene rings is 1. The van der Waals surface area contributed by atoms with Crippen LogP contribution in [0.25, 0.3) is 0 Å². The second-order valence-corrected chi connectivity index (χ2v) is 8.17. The molecule has 0 amide bonds. The minimum atomic E-state index is 0.933. The molecule has 0 saturated heterocycles. The SMILES string of the molecule is CCc1ccc2c(c1)N=C(c1ccc(C3=Nc4cc(C)ccc4C3)s1)C2. The topological polar surface area (TPSA) is 24.7 Å². The van der Waals surface area contributed by atoms with Crippen LogP contribution in [0.3, 0.4) is 0 Å². The molecule has 128 valence electrons. The predicted molar refractivity (Wildman–Crippen MR) is 111 cm³/mol. The first kappa shape index (κ1) is 15.7. The Hall–Kier alpha value is -2.52. The highest BCUT2D eigenvalue weighted by Gasteiger charge is 2.21. The summed E-state index contributed by atoms with van der Waals surface area (Å²) in [7, 11) is 0. The van der Waals surface area contributed by atoms with E-state index in [-0.39, 0.29) is 0 Å². The van der Waals surface area contributed by atoms with Crippen LogP contribution in [0, 0.1) is 6.92 Å². The normalized spacial score (nSPS) is 14.8. The maximum atomic E-state index is 4.91. The smallest absolute Gasteiger partial charge is 0.0672 e. The summed E-state index contributed by atoms with van der Waals surface area (Å²) in [5.74, 6) is 0. The van der Waals surface area contributed by atoms with Gasteiger partial charge >= 0.3 is 0 Å². The van der Waals surface area contributed by atoms with E-state index in [4.69, 9.17) is 9.98 Å². The van der Waals surface area contributed by atoms with Crippen molar-refractivity contribution in [1.82, 2.24) is 0 Å². The standard InChI is InChI=1S/C23H20N2S/c1-3-15-5-7-17-13-21(25-19(17)11-15)23-9-8-22(26-23)20-12-16-6-4-14(2)10-18(16)24-20/h4-11H,3,12-13H2,1-2H3. The molecule has 0 radical (unpaired) electrons. The molecule has 1 aromatic heterocycles. The first-order chi connectivity index (χ1) is 12.7. The summed E-state index contributed by atoms with van der Waals surface area (Å²) in [5, 5.41) is 0. The summed E-state index contributed by atoms with van der Waals surface area (Å²) >= 11 is 1.82. The van der Waals surface area contributed by atoms with Gasteiger partial charge in [-0.1, -0.05) is 31.2 Å². The fraction of sp³-hybridized carbons (Fsp3) is 0.217. The number of aryl methyl sites for hydroxylation is 2. The van der Waals surface area contributed by atoms with Gasteiger partial charge < -0.3 is 0 Å². The van der Waals surface area contributed by atoms with E-state index in [2.05, 4.69) is 62.4 Å². The zero-order chi connectivity index (χ0) is 17.7. The number of nitrogens with zero attached hydrogens (tertiary/aromatic N) is 2. The van der Waals surface area contributed by atoms with Gasteiger partial charge in [0, 0.05) is 22.6 Å². The summed E-state index contributed by atoms with van der Waals surface area (Å²) in [6.07, 6.45) is 2.93. The lowest BCUT2D eigenvalue weighted by molar-refractivity contribution is 1.13. The number of fused-ring (bicyclic) bond motifs is 2. The van der Waals surface area contributed by atoms with Crippen LogP contribution in [-0.2, 0) is 19.3 Å². The fourth-order valence-corrected chi connectivity index (χ4v) is 4.65. The molecule has 0 saturated carbocycles. The molecule has 0 spiro atoms. The van der Waals surface area contributed by atoms with E-state index in [1.807, 2.05) is 11.3 Å². The molecule has 3 heterocycles. The minimum absolute atomic E-state index is 0.933. The fourth-order valence-electron chi connectivity index (χ4n) is 3.67. The van der Waals surface area contributed by atoms with Crippen LogP contribution in [-0.4, -0.2) is 11.4 Å². The highest BCUT2D eigenvalue weighted by Crippen LogP contribution is 2.35. The minimum Gasteiger partial charge on any atom is -0.251 e. The second kappa shape index (κ2) is 6.03. The molecule has 0 aliphatic carbocycles. The quantitative estimate of drug-likeness (QED) is 0.552. The van der Waals surface area contributed by atoms with Crippen molar-refractivity contribution >= 4 is 34.1 Å². The second-order valence-electron chi connectivity index (χ2n) is 7.08. The van der Waals surface area contributed by atoms with Crippen LogP contribution >= 0.6 is 11.3 Å². The van der Waals surface area contributed by atoms with Gasteiger partial charge in [-0.05, 0) is 59.9 Å². The van der Waals surface area contributed by atoms with Crippen LogP contribution in [0.2, 0.25) is 0 Å². The molecule has 0 atom stereocenters. The molecule has 3 heteroatoms. The molecule has 2 aromatic carbocycles. The third kappa shape index (κ3) is 2.63. The first-order valence-electron chi connectivity index (χ1n) is 9.16. The zero-order valence-corrected chi connectivity index (χ0v) is 15.9. The Kier molecular flexibility index (Phi) is 3.64. The molecular weight excluding hydrogens is 336 g/mol. The van der Waals surface area contributed by atoms with E-state index < -0.39 is 0 Å². The van der Waals surface area contributed by atoms with Gasteiger partial charge in [-0.2, -0.15) is 0 Å². The first-order valence-corrected chi connectivity index (χ1v) is 9.98. The Labute approximate surface area is 158 Å². The van der Waals surface area contributed by atoms with Gasteiger partial charge in [0.1, 0.15) is 0 Å². The van der Waals surface area contributed by atoms with E-state index in [1.54, 1.807) is 0 Å². The van der Waals surface area contributed by atoms with Gasteiger partial charge in [-0.25, -0.2) is 0 Å². The Morgan fingerprint density at radius 3 is 2.08 bits per heavy atom. The molecule has 2 nitrogen and oxygen atoms in total. The largest absolute Gasteiger partial charge is 0.251 e. The van der Waals surface area contributed by atoms with Gasteiger partial charge in [0.15, 0.2) is 0 Å². The molecule has 0 N–H and O–H groups in total. The summed E-state index contributed by atoms with van der Waals surface area (Å²) in [6.45, 7) is 4.31. The molecule has 26 heavy (non-hydrogen) atoms. The van der Waals surface area contributed by atoms with E-state index in [9.17, 15) is 0 Å². The highest BCUT2D eigenvalue weighted by molar-refractivity contribution is 7.16. The van der Waals surface area contributed by atoms with Crippen molar-refractivity contribution in [2.24, 2.45) is 9.98 Å². The van der Waals surface area contributed by atoms with E-state index in [1.165, 1.54) is 43.4 Å². The van der Waals surface area contributed by atoms with Crippen molar-refractivity contribution in [3.05, 3.63) is 80.5 Å². The lowest BCUT2D eigenvalue weighted by Crippen LogP contribution is -1.98. The maximum Gasteiger partial charge on any atom is 0.0672 e. The Morgan fingerprint density at radius 2 is 1.42 bits per heavy atom. The van der Waals surface area contributed by atoms with Crippen LogP contribution in [0.5, 0.6) is 0 Å². The van der Waals surface area contributed by atoms with Gasteiger partial charge in [0.2, 0.25) is 0 Å². The summed E-state index contributed by atoms with van der Waals surface area (Å²) in [4.78, 5) is 12.3. The lowest BCUT2D eigenvalue weighted by Gasteiger charge is -1.99. The zero-order valence-electron chi connectivity index (χ0n) is 15.0. The number of aliphatic imine (C=N–C) groups is 2. The van der Waals surface area contributed by atoms with Crippen LogP contribution in [0.15, 0.2) is 58.5 Å². The van der Waals surface area contributed by atoms with Gasteiger partial charge in [0.25, 0.3) is 0 Å².